The predicted molar refractivity (Wildman–Crippen MR) is 141 cm³/mol. The third-order valence-electron chi connectivity index (χ3n) is 7.95. The molecule has 10 heteroatoms. The van der Waals surface area contributed by atoms with Crippen molar-refractivity contribution in [2.45, 2.75) is 38.1 Å². The molecule has 2 atom stereocenters. The Hall–Kier alpha value is -3.53. The van der Waals surface area contributed by atoms with Crippen LogP contribution in [-0.4, -0.2) is 62.1 Å². The van der Waals surface area contributed by atoms with Gasteiger partial charge in [0.1, 0.15) is 0 Å². The van der Waals surface area contributed by atoms with Crippen LogP contribution in [0.25, 0.3) is 0 Å². The molecule has 2 bridgehead atoms. The number of piperidine rings is 2. The quantitative estimate of drug-likeness (QED) is 0.570. The summed E-state index contributed by atoms with van der Waals surface area (Å²) in [4.78, 5) is 42.4. The molecular formula is C27H30N6O3S. The topological polar surface area (TPSA) is 100 Å². The van der Waals surface area contributed by atoms with Crippen LogP contribution in [-0.2, 0) is 13.0 Å². The second kappa shape index (κ2) is 10.1. The first-order valence-electron chi connectivity index (χ1n) is 13.0. The molecule has 0 aliphatic carbocycles. The van der Waals surface area contributed by atoms with Crippen LogP contribution in [0.3, 0.4) is 0 Å². The monoisotopic (exact) mass is 518 g/mol. The van der Waals surface area contributed by atoms with Crippen LogP contribution in [0.1, 0.15) is 46.9 Å². The number of anilines is 1. The van der Waals surface area contributed by atoms with Crippen LogP contribution >= 0.6 is 11.5 Å². The second-order valence-corrected chi connectivity index (χ2v) is 11.2. The lowest BCUT2D eigenvalue weighted by Crippen LogP contribution is -2.50. The summed E-state index contributed by atoms with van der Waals surface area (Å²) in [5.74, 6) is 0.740. The van der Waals surface area contributed by atoms with Crippen molar-refractivity contribution in [3.63, 3.8) is 0 Å². The Bertz CT molecular complexity index is 1350. The third kappa shape index (κ3) is 4.90. The van der Waals surface area contributed by atoms with Gasteiger partial charge in [-0.1, -0.05) is 40.9 Å². The van der Waals surface area contributed by atoms with Gasteiger partial charge >= 0.3 is 6.03 Å². The number of nitrogens with zero attached hydrogens (tertiary/aromatic N) is 5. The maximum atomic E-state index is 13.3. The summed E-state index contributed by atoms with van der Waals surface area (Å²) < 4.78 is 5.82. The number of nitrogens with one attached hydrogen (secondary N) is 1. The number of rotatable bonds is 4. The molecule has 3 aromatic rings. The van der Waals surface area contributed by atoms with E-state index in [0.29, 0.717) is 43.6 Å². The van der Waals surface area contributed by atoms with Gasteiger partial charge in [0.25, 0.3) is 11.5 Å². The molecule has 9 nitrogen and oxygen atoms in total. The zero-order valence-electron chi connectivity index (χ0n) is 20.6. The van der Waals surface area contributed by atoms with Crippen LogP contribution in [0.15, 0.2) is 53.3 Å². The summed E-state index contributed by atoms with van der Waals surface area (Å²) in [6.45, 7) is 3.09. The van der Waals surface area contributed by atoms with Crippen LogP contribution in [0.4, 0.5) is 9.80 Å². The Morgan fingerprint density at radius 1 is 0.973 bits per heavy atom. The van der Waals surface area contributed by atoms with Gasteiger partial charge in [0.15, 0.2) is 10.7 Å². The van der Waals surface area contributed by atoms with E-state index in [4.69, 9.17) is 0 Å². The molecular weight excluding hydrogens is 488 g/mol. The maximum absolute atomic E-state index is 13.3. The molecule has 3 amide bonds. The summed E-state index contributed by atoms with van der Waals surface area (Å²) in [5, 5.41) is 7.39. The zero-order chi connectivity index (χ0) is 25.4. The standard InChI is InChI=1S/C27H30N6O3S/c34-23-8-4-7-22-21-14-20(16-33(22)23)15-32(17-21)27(36)28-25-24(29-30-37-25)26(35)31-11-9-19(10-12-31)13-18-5-2-1-3-6-18/h1-8,19-21H,9-17H2,(H,28,36)/t20-,21-/m0/s1. The number of likely N-dealkylation sites (tertiary alicyclic amines) is 2. The Morgan fingerprint density at radius 3 is 2.59 bits per heavy atom. The summed E-state index contributed by atoms with van der Waals surface area (Å²) in [5.41, 5.74) is 2.56. The molecule has 6 rings (SSSR count). The smallest absolute Gasteiger partial charge is 0.322 e. The van der Waals surface area contributed by atoms with Gasteiger partial charge in [-0.25, -0.2) is 4.79 Å². The maximum Gasteiger partial charge on any atom is 0.322 e. The van der Waals surface area contributed by atoms with Crippen molar-refractivity contribution in [2.75, 3.05) is 31.5 Å². The van der Waals surface area contributed by atoms with Crippen molar-refractivity contribution in [1.82, 2.24) is 24.0 Å². The van der Waals surface area contributed by atoms with E-state index in [1.165, 1.54) is 5.56 Å². The van der Waals surface area contributed by atoms with Gasteiger partial charge in [0.05, 0.1) is 0 Å². The molecule has 2 aromatic heterocycles. The van der Waals surface area contributed by atoms with Crippen molar-refractivity contribution in [3.8, 4) is 0 Å². The number of hydrogen-bond donors (Lipinski definition) is 1. The van der Waals surface area contributed by atoms with Gasteiger partial charge < -0.3 is 14.4 Å². The Labute approximate surface area is 219 Å². The lowest BCUT2D eigenvalue weighted by atomic mass is 9.83. The molecule has 5 heterocycles. The van der Waals surface area contributed by atoms with Gasteiger partial charge in [0, 0.05) is 61.9 Å². The van der Waals surface area contributed by atoms with E-state index in [0.717, 1.165) is 42.9 Å². The number of carbonyl (C=O) groups is 2. The number of benzene rings is 1. The highest BCUT2D eigenvalue weighted by Crippen LogP contribution is 2.35. The molecule has 0 saturated carbocycles. The second-order valence-electron chi connectivity index (χ2n) is 10.4. The van der Waals surface area contributed by atoms with E-state index >= 15 is 0 Å². The van der Waals surface area contributed by atoms with E-state index < -0.39 is 0 Å². The summed E-state index contributed by atoms with van der Waals surface area (Å²) in [6, 6.07) is 15.6. The first-order valence-corrected chi connectivity index (χ1v) is 13.7. The van der Waals surface area contributed by atoms with Crippen molar-refractivity contribution < 1.29 is 9.59 Å². The largest absolute Gasteiger partial charge is 0.337 e. The van der Waals surface area contributed by atoms with E-state index in [2.05, 4.69) is 39.2 Å². The SMILES string of the molecule is O=C(Nc1snnc1C(=O)N1CCC(Cc2ccccc2)CC1)N1C[C@@H]2C[C@@H](C1)c1cccc(=O)n1C2. The van der Waals surface area contributed by atoms with E-state index in [9.17, 15) is 14.4 Å². The molecule has 0 radical (unpaired) electrons. The number of amides is 3. The minimum atomic E-state index is -0.247. The molecule has 1 N–H and O–H groups in total. The normalized spacial score (nSPS) is 21.4. The minimum absolute atomic E-state index is 0.0214. The lowest BCUT2D eigenvalue weighted by molar-refractivity contribution is 0.0685. The van der Waals surface area contributed by atoms with Crippen LogP contribution in [0.2, 0.25) is 0 Å². The minimum Gasteiger partial charge on any atom is -0.337 e. The molecule has 2 fully saturated rings. The molecule has 2 saturated heterocycles. The molecule has 0 spiro atoms. The van der Waals surface area contributed by atoms with Crippen LogP contribution in [0.5, 0.6) is 0 Å². The van der Waals surface area contributed by atoms with Gasteiger partial charge in [-0.05, 0) is 49.1 Å². The molecule has 192 valence electrons. The van der Waals surface area contributed by atoms with Crippen molar-refractivity contribution in [1.29, 1.82) is 0 Å². The lowest BCUT2D eigenvalue weighted by Gasteiger charge is -2.42. The molecule has 1 aromatic carbocycles. The number of carbonyl (C=O) groups excluding carboxylic acids is 2. The number of hydrogen-bond acceptors (Lipinski definition) is 6. The average molecular weight is 519 g/mol. The Morgan fingerprint density at radius 2 is 1.78 bits per heavy atom. The van der Waals surface area contributed by atoms with E-state index in [-0.39, 0.29) is 35.0 Å². The number of pyridine rings is 1. The Kier molecular flexibility index (Phi) is 6.50. The van der Waals surface area contributed by atoms with Crippen molar-refractivity contribution >= 4 is 28.5 Å². The number of urea groups is 1. The van der Waals surface area contributed by atoms with Gasteiger partial charge in [-0.15, -0.1) is 5.10 Å². The highest BCUT2D eigenvalue weighted by molar-refractivity contribution is 7.10. The van der Waals surface area contributed by atoms with Gasteiger partial charge in [-0.2, -0.15) is 0 Å². The Balaban J connectivity index is 1.08. The highest BCUT2D eigenvalue weighted by atomic mass is 32.1. The first-order chi connectivity index (χ1) is 18.0. The first kappa shape index (κ1) is 23.8. The molecule has 3 aliphatic heterocycles. The van der Waals surface area contributed by atoms with Gasteiger partial charge in [-0.3, -0.25) is 14.9 Å². The third-order valence-corrected chi connectivity index (χ3v) is 8.59. The summed E-state index contributed by atoms with van der Waals surface area (Å²) in [7, 11) is 0. The van der Waals surface area contributed by atoms with Gasteiger partial charge in [0.2, 0.25) is 0 Å². The summed E-state index contributed by atoms with van der Waals surface area (Å²) >= 11 is 1.04. The molecule has 37 heavy (non-hydrogen) atoms. The van der Waals surface area contributed by atoms with Crippen molar-refractivity contribution in [3.05, 3.63) is 75.8 Å². The number of fused-ring (bicyclic) bond motifs is 4. The zero-order valence-corrected chi connectivity index (χ0v) is 21.4. The molecule has 0 unspecified atom stereocenters. The highest BCUT2D eigenvalue weighted by Gasteiger charge is 2.37. The van der Waals surface area contributed by atoms with E-state index in [1.54, 1.807) is 17.0 Å². The fraction of sp³-hybridized carbons (Fsp3) is 0.444. The van der Waals surface area contributed by atoms with Crippen LogP contribution in [0, 0.1) is 11.8 Å². The predicted octanol–water partition coefficient (Wildman–Crippen LogP) is 3.45. The number of aromatic nitrogens is 3. The summed E-state index contributed by atoms with van der Waals surface area (Å²) in [6.07, 6.45) is 3.89. The average Bonchev–Trinajstić information content (AvgIpc) is 3.38. The van der Waals surface area contributed by atoms with Crippen LogP contribution < -0.4 is 10.9 Å². The fourth-order valence-electron chi connectivity index (χ4n) is 6.09. The van der Waals surface area contributed by atoms with Crippen molar-refractivity contribution in [2.24, 2.45) is 11.8 Å². The fourth-order valence-corrected chi connectivity index (χ4v) is 6.64. The molecule has 3 aliphatic rings. The van der Waals surface area contributed by atoms with E-state index in [1.807, 2.05) is 21.6 Å².